The van der Waals surface area contributed by atoms with Crippen LogP contribution in [0.25, 0.3) is 10.4 Å². The number of thiazole rings is 1. The lowest BCUT2D eigenvalue weighted by atomic mass is 9.86. The highest BCUT2D eigenvalue weighted by molar-refractivity contribution is 7.19. The summed E-state index contributed by atoms with van der Waals surface area (Å²) in [6.07, 6.45) is -3.07. The van der Waals surface area contributed by atoms with Gasteiger partial charge in [-0.15, -0.1) is 0 Å². The Morgan fingerprint density at radius 1 is 0.905 bits per heavy atom. The highest BCUT2D eigenvalue weighted by Crippen LogP contribution is 2.44. The first-order valence-corrected chi connectivity index (χ1v) is 14.4. The van der Waals surface area contributed by atoms with Gasteiger partial charge in [-0.05, 0) is 67.5 Å². The molecule has 0 aliphatic carbocycles. The van der Waals surface area contributed by atoms with Gasteiger partial charge in [-0.25, -0.2) is 9.97 Å². The van der Waals surface area contributed by atoms with E-state index in [9.17, 15) is 13.2 Å². The Morgan fingerprint density at radius 3 is 2.24 bits per heavy atom. The van der Waals surface area contributed by atoms with E-state index in [-0.39, 0.29) is 26.7 Å². The Labute approximate surface area is 249 Å². The van der Waals surface area contributed by atoms with Crippen LogP contribution in [0.5, 0.6) is 17.4 Å². The third-order valence-electron chi connectivity index (χ3n) is 6.30. The third kappa shape index (κ3) is 8.01. The predicted octanol–water partition coefficient (Wildman–Crippen LogP) is 9.02. The van der Waals surface area contributed by atoms with Crippen LogP contribution in [0.3, 0.4) is 0 Å². The molecule has 2 heterocycles. The van der Waals surface area contributed by atoms with Crippen LogP contribution in [-0.4, -0.2) is 42.1 Å². The second-order valence-corrected chi connectivity index (χ2v) is 13.2. The van der Waals surface area contributed by atoms with Gasteiger partial charge in [-0.1, -0.05) is 64.2 Å². The number of hydrogen-bond donors (Lipinski definition) is 1. The Hall–Kier alpha value is -3.63. The zero-order valence-corrected chi connectivity index (χ0v) is 25.8. The molecule has 224 valence electrons. The van der Waals surface area contributed by atoms with E-state index in [1.807, 2.05) is 38.4 Å². The third-order valence-corrected chi connectivity index (χ3v) is 7.32. The maximum atomic E-state index is 14.1. The summed E-state index contributed by atoms with van der Waals surface area (Å²) < 4.78 is 54.4. The summed E-state index contributed by atoms with van der Waals surface area (Å²) in [6, 6.07) is 17.6. The molecule has 4 aromatic rings. The molecule has 0 saturated carbocycles. The second kappa shape index (κ2) is 12.3. The van der Waals surface area contributed by atoms with Gasteiger partial charge >= 0.3 is 6.18 Å². The fourth-order valence-electron chi connectivity index (χ4n) is 4.61. The maximum Gasteiger partial charge on any atom is 0.434 e. The number of halogens is 3. The number of anilines is 2. The first-order chi connectivity index (χ1) is 19.6. The first kappa shape index (κ1) is 31.3. The van der Waals surface area contributed by atoms with Gasteiger partial charge in [0.2, 0.25) is 5.88 Å². The van der Waals surface area contributed by atoms with Gasteiger partial charge < -0.3 is 19.7 Å². The molecule has 42 heavy (non-hydrogen) atoms. The molecule has 0 atom stereocenters. The molecule has 2 aromatic carbocycles. The van der Waals surface area contributed by atoms with Gasteiger partial charge in [0.25, 0.3) is 0 Å². The summed E-state index contributed by atoms with van der Waals surface area (Å²) in [5.74, 6) is 1.45. The monoisotopic (exact) mass is 598 g/mol. The van der Waals surface area contributed by atoms with Crippen molar-refractivity contribution in [3.8, 4) is 27.8 Å². The van der Waals surface area contributed by atoms with E-state index in [4.69, 9.17) is 9.47 Å². The molecule has 0 aliphatic heterocycles. The van der Waals surface area contributed by atoms with Crippen molar-refractivity contribution in [3.05, 3.63) is 78.1 Å². The maximum absolute atomic E-state index is 14.1. The highest BCUT2D eigenvalue weighted by Gasteiger charge is 2.38. The van der Waals surface area contributed by atoms with E-state index in [0.29, 0.717) is 29.4 Å². The molecule has 10 heteroatoms. The van der Waals surface area contributed by atoms with Crippen LogP contribution in [0.1, 0.15) is 45.9 Å². The van der Waals surface area contributed by atoms with Crippen LogP contribution in [0, 0.1) is 5.41 Å². The summed E-state index contributed by atoms with van der Waals surface area (Å²) >= 11 is 0.915. The van der Waals surface area contributed by atoms with Crippen LogP contribution in [0.15, 0.2) is 66.9 Å². The Morgan fingerprint density at radius 2 is 1.60 bits per heavy atom. The number of hydrogen-bond acceptors (Lipinski definition) is 7. The summed E-state index contributed by atoms with van der Waals surface area (Å²) in [5, 5.41) is 3.08. The smallest absolute Gasteiger partial charge is 0.434 e. The van der Waals surface area contributed by atoms with Crippen LogP contribution >= 0.6 is 11.3 Å². The molecule has 0 aliphatic rings. The minimum atomic E-state index is -4.64. The predicted molar refractivity (Wildman–Crippen MR) is 163 cm³/mol. The Balaban J connectivity index is 1.59. The Kier molecular flexibility index (Phi) is 9.18. The molecule has 6 nitrogen and oxygen atoms in total. The molecule has 0 unspecified atom stereocenters. The molecular weight excluding hydrogens is 561 g/mol. The average Bonchev–Trinajstić information content (AvgIpc) is 3.33. The number of benzene rings is 2. The number of para-hydroxylation sites is 1. The van der Waals surface area contributed by atoms with Crippen molar-refractivity contribution in [1.82, 2.24) is 14.9 Å². The normalized spacial score (nSPS) is 12.5. The van der Waals surface area contributed by atoms with Gasteiger partial charge in [-0.3, -0.25) is 0 Å². The fraction of sp³-hybridized carbons (Fsp3) is 0.375. The lowest BCUT2D eigenvalue weighted by Gasteiger charge is -2.28. The highest BCUT2D eigenvalue weighted by atomic mass is 32.1. The van der Waals surface area contributed by atoms with E-state index < -0.39 is 11.9 Å². The molecule has 0 bridgehead atoms. The van der Waals surface area contributed by atoms with Crippen molar-refractivity contribution in [1.29, 1.82) is 0 Å². The van der Waals surface area contributed by atoms with Crippen molar-refractivity contribution in [3.63, 3.8) is 0 Å². The molecule has 0 radical (unpaired) electrons. The van der Waals surface area contributed by atoms with Crippen molar-refractivity contribution in [2.75, 3.05) is 32.6 Å². The zero-order valence-electron chi connectivity index (χ0n) is 25.0. The van der Waals surface area contributed by atoms with Crippen molar-refractivity contribution >= 4 is 22.2 Å². The molecule has 1 N–H and O–H groups in total. The number of nitrogens with zero attached hydrogens (tertiary/aromatic N) is 3. The van der Waals surface area contributed by atoms with Gasteiger partial charge in [0.15, 0.2) is 10.8 Å². The molecule has 0 saturated heterocycles. The van der Waals surface area contributed by atoms with E-state index in [1.54, 1.807) is 42.6 Å². The zero-order chi connectivity index (χ0) is 30.7. The van der Waals surface area contributed by atoms with E-state index in [2.05, 4.69) is 54.8 Å². The van der Waals surface area contributed by atoms with E-state index in [1.165, 1.54) is 0 Å². The van der Waals surface area contributed by atoms with E-state index >= 15 is 0 Å². The summed E-state index contributed by atoms with van der Waals surface area (Å²) in [7, 11) is 4.00. The van der Waals surface area contributed by atoms with Crippen molar-refractivity contribution < 1.29 is 22.6 Å². The fourth-order valence-corrected chi connectivity index (χ4v) is 5.61. The summed E-state index contributed by atoms with van der Waals surface area (Å²) in [6.45, 7) is 11.7. The molecule has 0 spiro atoms. The number of pyridine rings is 1. The molecule has 4 rings (SSSR count). The number of rotatable bonds is 10. The van der Waals surface area contributed by atoms with Crippen LogP contribution in [0.4, 0.5) is 24.0 Å². The van der Waals surface area contributed by atoms with Gasteiger partial charge in [0.1, 0.15) is 17.2 Å². The standard InChI is InChI=1S/C32H37F3N4O2S/c1-30(2,3)23-11-8-9-13-25(23)41-28-24(12-10-18-36-28)37-29-38-27(32(33,34)35)26(42-29)21-14-16-22(17-15-21)40-20-31(4,5)19-39(6)7/h8-18H,19-20H2,1-7H3,(H,37,38). The summed E-state index contributed by atoms with van der Waals surface area (Å²) in [4.78, 5) is 10.4. The molecule has 0 amide bonds. The number of ether oxygens (including phenoxy) is 2. The largest absolute Gasteiger partial charge is 0.493 e. The van der Waals surface area contributed by atoms with E-state index in [0.717, 1.165) is 23.4 Å². The average molecular weight is 599 g/mol. The quantitative estimate of drug-likeness (QED) is 0.197. The van der Waals surface area contributed by atoms with Gasteiger partial charge in [0.05, 0.1) is 11.5 Å². The van der Waals surface area contributed by atoms with Gasteiger partial charge in [-0.2, -0.15) is 13.2 Å². The SMILES string of the molecule is CN(C)CC(C)(C)COc1ccc(-c2sc(Nc3cccnc3Oc3ccccc3C(C)(C)C)nc2C(F)(F)F)cc1. The minimum absolute atomic E-state index is 0.00826. The molecular formula is C32H37F3N4O2S. The molecule has 2 aromatic heterocycles. The first-order valence-electron chi connectivity index (χ1n) is 13.6. The van der Waals surface area contributed by atoms with Gasteiger partial charge in [0, 0.05) is 23.7 Å². The summed E-state index contributed by atoms with van der Waals surface area (Å²) in [5.41, 5.74) is 0.543. The lowest BCUT2D eigenvalue weighted by Crippen LogP contribution is -2.33. The Bertz CT molecular complexity index is 1490. The topological polar surface area (TPSA) is 59.5 Å². The van der Waals surface area contributed by atoms with Crippen LogP contribution in [0.2, 0.25) is 0 Å². The molecule has 0 fully saturated rings. The lowest BCUT2D eigenvalue weighted by molar-refractivity contribution is -0.140. The number of nitrogens with one attached hydrogen (secondary N) is 1. The minimum Gasteiger partial charge on any atom is -0.493 e. The van der Waals surface area contributed by atoms with Crippen molar-refractivity contribution in [2.24, 2.45) is 5.41 Å². The van der Waals surface area contributed by atoms with Crippen LogP contribution < -0.4 is 14.8 Å². The van der Waals surface area contributed by atoms with Crippen molar-refractivity contribution in [2.45, 2.75) is 46.2 Å². The second-order valence-electron chi connectivity index (χ2n) is 12.2. The van der Waals surface area contributed by atoms with Crippen LogP contribution in [-0.2, 0) is 11.6 Å². The number of aromatic nitrogens is 2. The number of alkyl halides is 3.